The summed E-state index contributed by atoms with van der Waals surface area (Å²) in [5.41, 5.74) is 2.68. The molecule has 0 saturated carbocycles. The van der Waals surface area contributed by atoms with E-state index in [1.165, 1.54) is 38.6 Å². The highest BCUT2D eigenvalue weighted by atomic mass is 32.2. The molecule has 0 aliphatic rings. The number of nitrogens with one attached hydrogen (secondary N) is 2. The fourth-order valence-corrected chi connectivity index (χ4v) is 4.11. The summed E-state index contributed by atoms with van der Waals surface area (Å²) >= 11 is 0. The molecule has 1 heterocycles. The van der Waals surface area contributed by atoms with Crippen molar-refractivity contribution in [3.8, 4) is 0 Å². The van der Waals surface area contributed by atoms with E-state index in [4.69, 9.17) is 0 Å². The van der Waals surface area contributed by atoms with Crippen LogP contribution in [-0.2, 0) is 10.0 Å². The van der Waals surface area contributed by atoms with E-state index in [9.17, 15) is 18.0 Å². The summed E-state index contributed by atoms with van der Waals surface area (Å²) in [6.45, 7) is 3.62. The molecule has 0 radical (unpaired) electrons. The van der Waals surface area contributed by atoms with Crippen LogP contribution in [0.1, 0.15) is 44.8 Å². The molecule has 3 rings (SSSR count). The van der Waals surface area contributed by atoms with Gasteiger partial charge in [0, 0.05) is 32.1 Å². The van der Waals surface area contributed by atoms with Crippen molar-refractivity contribution < 1.29 is 18.0 Å². The van der Waals surface area contributed by atoms with Crippen molar-refractivity contribution in [3.05, 3.63) is 89.2 Å². The lowest BCUT2D eigenvalue weighted by atomic mass is 10.0. The van der Waals surface area contributed by atoms with Gasteiger partial charge in [0.2, 0.25) is 10.0 Å². The van der Waals surface area contributed by atoms with Crippen LogP contribution in [0.25, 0.3) is 0 Å². The van der Waals surface area contributed by atoms with Gasteiger partial charge in [0.1, 0.15) is 0 Å². The average molecular weight is 467 g/mol. The molecule has 1 atom stereocenters. The first-order valence-corrected chi connectivity index (χ1v) is 11.7. The molecule has 0 bridgehead atoms. The Balaban J connectivity index is 1.79. The van der Waals surface area contributed by atoms with Gasteiger partial charge in [0.15, 0.2) is 0 Å². The highest BCUT2D eigenvalue weighted by Gasteiger charge is 2.20. The third-order valence-corrected chi connectivity index (χ3v) is 7.03. The van der Waals surface area contributed by atoms with Crippen LogP contribution in [-0.4, -0.2) is 43.6 Å². The zero-order chi connectivity index (χ0) is 24.2. The van der Waals surface area contributed by atoms with Crippen LogP contribution >= 0.6 is 0 Å². The molecule has 0 saturated heterocycles. The van der Waals surface area contributed by atoms with Gasteiger partial charge in [0.05, 0.1) is 22.2 Å². The Morgan fingerprint density at radius 1 is 0.939 bits per heavy atom. The number of aromatic nitrogens is 1. The van der Waals surface area contributed by atoms with E-state index >= 15 is 0 Å². The summed E-state index contributed by atoms with van der Waals surface area (Å²) in [6, 6.07) is 14.4. The second-order valence-electron chi connectivity index (χ2n) is 7.74. The Morgan fingerprint density at radius 2 is 1.58 bits per heavy atom. The van der Waals surface area contributed by atoms with E-state index in [1.807, 2.05) is 13.0 Å². The minimum Gasteiger partial charge on any atom is -0.345 e. The Hall–Kier alpha value is -3.56. The minimum atomic E-state index is -3.53. The van der Waals surface area contributed by atoms with E-state index in [-0.39, 0.29) is 16.7 Å². The summed E-state index contributed by atoms with van der Waals surface area (Å²) < 4.78 is 25.7. The van der Waals surface area contributed by atoms with E-state index in [0.29, 0.717) is 16.8 Å². The standard InChI is InChI=1S/C24H26N4O4S/c1-16-6-5-7-21(22(16)27-23(29)19-12-14-25-15-13-19)24(30)26-17(2)18-8-10-20(11-9-18)33(31,32)28(3)4/h5-15,17H,1-4H3,(H,26,30)(H,27,29). The number of sulfonamides is 1. The van der Waals surface area contributed by atoms with Gasteiger partial charge in [-0.1, -0.05) is 24.3 Å². The number of anilines is 1. The Labute approximate surface area is 193 Å². The molecule has 1 aromatic heterocycles. The Kier molecular flexibility index (Phi) is 7.25. The van der Waals surface area contributed by atoms with Crippen LogP contribution in [0.5, 0.6) is 0 Å². The molecule has 0 aliphatic carbocycles. The van der Waals surface area contributed by atoms with Gasteiger partial charge in [-0.05, 0) is 55.3 Å². The number of nitrogens with zero attached hydrogens (tertiary/aromatic N) is 2. The summed E-state index contributed by atoms with van der Waals surface area (Å²) in [5.74, 6) is -0.701. The van der Waals surface area contributed by atoms with Crippen LogP contribution in [0.2, 0.25) is 0 Å². The van der Waals surface area contributed by atoms with E-state index < -0.39 is 16.1 Å². The molecule has 9 heteroatoms. The van der Waals surface area contributed by atoms with Crippen molar-refractivity contribution in [2.45, 2.75) is 24.8 Å². The van der Waals surface area contributed by atoms with Crippen molar-refractivity contribution in [3.63, 3.8) is 0 Å². The molecule has 0 spiro atoms. The average Bonchev–Trinajstić information content (AvgIpc) is 2.80. The molecule has 0 aliphatic heterocycles. The van der Waals surface area contributed by atoms with Crippen molar-refractivity contribution in [2.24, 2.45) is 0 Å². The molecule has 1 unspecified atom stereocenters. The van der Waals surface area contributed by atoms with Crippen LogP contribution in [0, 0.1) is 6.92 Å². The van der Waals surface area contributed by atoms with E-state index in [0.717, 1.165) is 15.4 Å². The van der Waals surface area contributed by atoms with Crippen molar-refractivity contribution >= 4 is 27.5 Å². The number of benzene rings is 2. The number of hydrogen-bond donors (Lipinski definition) is 2. The van der Waals surface area contributed by atoms with Gasteiger partial charge in [-0.2, -0.15) is 0 Å². The molecule has 2 aromatic carbocycles. The quantitative estimate of drug-likeness (QED) is 0.555. The number of pyridine rings is 1. The number of carbonyl (C=O) groups excluding carboxylic acids is 2. The van der Waals surface area contributed by atoms with Gasteiger partial charge in [-0.15, -0.1) is 0 Å². The molecular formula is C24H26N4O4S. The number of hydrogen-bond acceptors (Lipinski definition) is 5. The Bertz CT molecular complexity index is 1260. The normalized spacial score (nSPS) is 12.3. The summed E-state index contributed by atoms with van der Waals surface area (Å²) in [7, 11) is -0.586. The molecule has 172 valence electrons. The highest BCUT2D eigenvalue weighted by molar-refractivity contribution is 7.89. The van der Waals surface area contributed by atoms with Gasteiger partial charge >= 0.3 is 0 Å². The first-order valence-electron chi connectivity index (χ1n) is 10.3. The summed E-state index contributed by atoms with van der Waals surface area (Å²) in [5, 5.41) is 5.74. The molecule has 0 fully saturated rings. The number of rotatable bonds is 7. The number of amides is 2. The largest absolute Gasteiger partial charge is 0.345 e. The first-order chi connectivity index (χ1) is 15.6. The molecule has 3 aromatic rings. The smallest absolute Gasteiger partial charge is 0.255 e. The molecule has 2 N–H and O–H groups in total. The minimum absolute atomic E-state index is 0.176. The lowest BCUT2D eigenvalue weighted by molar-refractivity contribution is 0.0940. The maximum atomic E-state index is 13.1. The SMILES string of the molecule is Cc1cccc(C(=O)NC(C)c2ccc(S(=O)(=O)N(C)C)cc2)c1NC(=O)c1ccncc1. The highest BCUT2D eigenvalue weighted by Crippen LogP contribution is 2.23. The predicted molar refractivity (Wildman–Crippen MR) is 127 cm³/mol. The topological polar surface area (TPSA) is 108 Å². The van der Waals surface area contributed by atoms with Crippen LogP contribution in [0.3, 0.4) is 0 Å². The van der Waals surface area contributed by atoms with E-state index in [1.54, 1.807) is 43.3 Å². The molecule has 8 nitrogen and oxygen atoms in total. The Morgan fingerprint density at radius 3 is 2.18 bits per heavy atom. The number of para-hydroxylation sites is 1. The second kappa shape index (κ2) is 9.93. The molecular weight excluding hydrogens is 440 g/mol. The van der Waals surface area contributed by atoms with Crippen molar-refractivity contribution in [2.75, 3.05) is 19.4 Å². The maximum Gasteiger partial charge on any atom is 0.255 e. The van der Waals surface area contributed by atoms with E-state index in [2.05, 4.69) is 15.6 Å². The fraction of sp³-hybridized carbons (Fsp3) is 0.208. The molecule has 33 heavy (non-hydrogen) atoms. The monoisotopic (exact) mass is 466 g/mol. The van der Waals surface area contributed by atoms with Gasteiger partial charge in [-0.25, -0.2) is 12.7 Å². The third kappa shape index (κ3) is 5.44. The number of aryl methyl sites for hydroxylation is 1. The van der Waals surface area contributed by atoms with Gasteiger partial charge in [-0.3, -0.25) is 14.6 Å². The maximum absolute atomic E-state index is 13.1. The van der Waals surface area contributed by atoms with Crippen LogP contribution in [0.4, 0.5) is 5.69 Å². The third-order valence-electron chi connectivity index (χ3n) is 5.20. The fourth-order valence-electron chi connectivity index (χ4n) is 3.21. The van der Waals surface area contributed by atoms with Crippen molar-refractivity contribution in [1.29, 1.82) is 0 Å². The van der Waals surface area contributed by atoms with Crippen LogP contribution < -0.4 is 10.6 Å². The first kappa shape index (κ1) is 24.1. The van der Waals surface area contributed by atoms with Crippen LogP contribution in [0.15, 0.2) is 71.9 Å². The summed E-state index contributed by atoms with van der Waals surface area (Å²) in [4.78, 5) is 29.8. The summed E-state index contributed by atoms with van der Waals surface area (Å²) in [6.07, 6.45) is 3.05. The lowest BCUT2D eigenvalue weighted by Gasteiger charge is -2.18. The molecule has 2 amide bonds. The number of carbonyl (C=O) groups is 2. The lowest BCUT2D eigenvalue weighted by Crippen LogP contribution is -2.28. The van der Waals surface area contributed by atoms with Gasteiger partial charge in [0.25, 0.3) is 11.8 Å². The predicted octanol–water partition coefficient (Wildman–Crippen LogP) is 3.38. The zero-order valence-corrected chi connectivity index (χ0v) is 19.7. The van der Waals surface area contributed by atoms with Gasteiger partial charge < -0.3 is 10.6 Å². The van der Waals surface area contributed by atoms with Crippen molar-refractivity contribution in [1.82, 2.24) is 14.6 Å². The second-order valence-corrected chi connectivity index (χ2v) is 9.89. The zero-order valence-electron chi connectivity index (χ0n) is 18.9.